The van der Waals surface area contributed by atoms with Crippen LogP contribution in [-0.2, 0) is 35.7 Å². The van der Waals surface area contributed by atoms with Gasteiger partial charge in [0.15, 0.2) is 0 Å². The van der Waals surface area contributed by atoms with E-state index >= 15 is 0 Å². The first-order chi connectivity index (χ1) is 13.4. The number of benzene rings is 1. The summed E-state index contributed by atoms with van der Waals surface area (Å²) in [6.45, 7) is 7.30. The molecule has 2 heterocycles. The minimum Gasteiger partial charge on any atom is -0.445 e. The molecule has 28 heavy (non-hydrogen) atoms. The summed E-state index contributed by atoms with van der Waals surface area (Å²) in [5.74, 6) is 0. The number of ether oxygens (including phenoxy) is 2. The van der Waals surface area contributed by atoms with Gasteiger partial charge in [-0.1, -0.05) is 6.07 Å². The smallest absolute Gasteiger partial charge is 0.407 e. The molecule has 2 N–H and O–H groups in total. The molecule has 1 aliphatic rings. The summed E-state index contributed by atoms with van der Waals surface area (Å²) in [5.41, 5.74) is 8.75. The van der Waals surface area contributed by atoms with Gasteiger partial charge in [0.25, 0.3) is 0 Å². The zero-order valence-corrected chi connectivity index (χ0v) is 17.1. The Kier molecular flexibility index (Phi) is 5.63. The molecule has 0 saturated heterocycles. The molecule has 150 valence electrons. The summed E-state index contributed by atoms with van der Waals surface area (Å²) in [6, 6.07) is 4.43. The molecule has 3 rings (SSSR count). The SMILES string of the molecule is CNC(=O)OCc1c(COC(=O)NC)c2n(c1C)CCc1cc(C)c(C)cc1-2. The maximum atomic E-state index is 11.7. The number of hydrogen-bond acceptors (Lipinski definition) is 4. The second-order valence-corrected chi connectivity index (χ2v) is 7.04. The van der Waals surface area contributed by atoms with E-state index in [4.69, 9.17) is 9.47 Å². The second-order valence-electron chi connectivity index (χ2n) is 7.04. The van der Waals surface area contributed by atoms with Gasteiger partial charge in [0, 0.05) is 43.0 Å². The van der Waals surface area contributed by atoms with Crippen LogP contribution >= 0.6 is 0 Å². The molecule has 2 amide bonds. The van der Waals surface area contributed by atoms with Crippen LogP contribution in [0.4, 0.5) is 9.59 Å². The van der Waals surface area contributed by atoms with Gasteiger partial charge in [-0.05, 0) is 49.9 Å². The lowest BCUT2D eigenvalue weighted by Gasteiger charge is -2.23. The third-order valence-corrected chi connectivity index (χ3v) is 5.44. The normalized spacial score (nSPS) is 12.0. The van der Waals surface area contributed by atoms with Crippen LogP contribution in [0.15, 0.2) is 12.1 Å². The number of amides is 2. The van der Waals surface area contributed by atoms with E-state index in [1.165, 1.54) is 30.8 Å². The predicted molar refractivity (Wildman–Crippen MR) is 106 cm³/mol. The first-order valence-corrected chi connectivity index (χ1v) is 9.37. The van der Waals surface area contributed by atoms with E-state index in [1.54, 1.807) is 0 Å². The molecule has 7 heteroatoms. The molecular weight excluding hydrogens is 358 g/mol. The molecule has 0 fully saturated rings. The number of fused-ring (bicyclic) bond motifs is 3. The third-order valence-electron chi connectivity index (χ3n) is 5.44. The topological polar surface area (TPSA) is 81.6 Å². The summed E-state index contributed by atoms with van der Waals surface area (Å²) < 4.78 is 12.9. The Balaban J connectivity index is 2.11. The van der Waals surface area contributed by atoms with Crippen molar-refractivity contribution in [3.8, 4) is 11.3 Å². The lowest BCUT2D eigenvalue weighted by molar-refractivity contribution is 0.134. The average molecular weight is 385 g/mol. The van der Waals surface area contributed by atoms with Crippen LogP contribution in [0.1, 0.15) is 33.5 Å². The lowest BCUT2D eigenvalue weighted by Crippen LogP contribution is -2.20. The molecule has 0 unspecified atom stereocenters. The molecule has 0 atom stereocenters. The maximum Gasteiger partial charge on any atom is 0.407 e. The summed E-state index contributed by atoms with van der Waals surface area (Å²) in [4.78, 5) is 23.3. The largest absolute Gasteiger partial charge is 0.445 e. The number of aromatic nitrogens is 1. The summed E-state index contributed by atoms with van der Waals surface area (Å²) in [6.07, 6.45) is -0.0507. The highest BCUT2D eigenvalue weighted by atomic mass is 16.6. The zero-order valence-electron chi connectivity index (χ0n) is 17.1. The molecule has 0 bridgehead atoms. The molecule has 7 nitrogen and oxygen atoms in total. The van der Waals surface area contributed by atoms with Crippen LogP contribution < -0.4 is 10.6 Å². The van der Waals surface area contributed by atoms with Crippen LogP contribution in [0.3, 0.4) is 0 Å². The Morgan fingerprint density at radius 2 is 1.54 bits per heavy atom. The maximum absolute atomic E-state index is 11.7. The number of alkyl carbamates (subject to hydrolysis) is 2. The van der Waals surface area contributed by atoms with Gasteiger partial charge in [-0.2, -0.15) is 0 Å². The molecule has 0 saturated carbocycles. The molecule has 1 aromatic carbocycles. The standard InChI is InChI=1S/C21H27N3O4/c1-12-8-15-6-7-24-14(3)17(10-27-20(25)22-4)18(11-28-21(26)23-5)19(24)16(15)9-13(12)2/h8-9H,6-7,10-11H2,1-5H3,(H,22,25)(H,23,26). The van der Waals surface area contributed by atoms with Gasteiger partial charge in [-0.3, -0.25) is 0 Å². The number of nitrogens with one attached hydrogen (secondary N) is 2. The number of carbonyl (C=O) groups is 2. The van der Waals surface area contributed by atoms with Crippen molar-refractivity contribution in [3.63, 3.8) is 0 Å². The third kappa shape index (κ3) is 3.56. The Labute approximate surface area is 165 Å². The molecule has 1 aromatic heterocycles. The quantitative estimate of drug-likeness (QED) is 0.846. The molecule has 2 aromatic rings. The summed E-state index contributed by atoms with van der Waals surface area (Å²) in [7, 11) is 3.05. The average Bonchev–Trinajstić information content (AvgIpc) is 2.96. The van der Waals surface area contributed by atoms with E-state index in [0.29, 0.717) is 0 Å². The van der Waals surface area contributed by atoms with Crippen LogP contribution in [0, 0.1) is 20.8 Å². The fourth-order valence-electron chi connectivity index (χ4n) is 3.74. The molecule has 0 spiro atoms. The Morgan fingerprint density at radius 3 is 2.14 bits per heavy atom. The molecule has 1 aliphatic heterocycles. The van der Waals surface area contributed by atoms with E-state index < -0.39 is 12.2 Å². The summed E-state index contributed by atoms with van der Waals surface area (Å²) >= 11 is 0. The van der Waals surface area contributed by atoms with Crippen molar-refractivity contribution < 1.29 is 19.1 Å². The van der Waals surface area contributed by atoms with Crippen LogP contribution in [0.25, 0.3) is 11.3 Å². The highest BCUT2D eigenvalue weighted by Gasteiger charge is 2.27. The fraction of sp³-hybridized carbons (Fsp3) is 0.429. The van der Waals surface area contributed by atoms with Gasteiger partial charge >= 0.3 is 12.2 Å². The van der Waals surface area contributed by atoms with Gasteiger partial charge in [0.05, 0.1) is 5.69 Å². The van der Waals surface area contributed by atoms with Crippen LogP contribution in [0.2, 0.25) is 0 Å². The van der Waals surface area contributed by atoms with Gasteiger partial charge in [-0.25, -0.2) is 9.59 Å². The zero-order chi connectivity index (χ0) is 20.4. The summed E-state index contributed by atoms with van der Waals surface area (Å²) in [5, 5.41) is 4.93. The van der Waals surface area contributed by atoms with Crippen molar-refractivity contribution in [2.75, 3.05) is 14.1 Å². The molecular formula is C21H27N3O4. The molecule has 0 aliphatic carbocycles. The van der Waals surface area contributed by atoms with Gasteiger partial charge in [0.1, 0.15) is 13.2 Å². The van der Waals surface area contributed by atoms with E-state index in [-0.39, 0.29) is 13.2 Å². The van der Waals surface area contributed by atoms with Crippen molar-refractivity contribution in [1.82, 2.24) is 15.2 Å². The number of rotatable bonds is 4. The van der Waals surface area contributed by atoms with Crippen molar-refractivity contribution >= 4 is 12.2 Å². The highest BCUT2D eigenvalue weighted by molar-refractivity contribution is 5.74. The van der Waals surface area contributed by atoms with Gasteiger partial charge in [0.2, 0.25) is 0 Å². The number of nitrogens with zero attached hydrogens (tertiary/aromatic N) is 1. The first-order valence-electron chi connectivity index (χ1n) is 9.37. The predicted octanol–water partition coefficient (Wildman–Crippen LogP) is 3.35. The van der Waals surface area contributed by atoms with E-state index in [9.17, 15) is 9.59 Å². The Hall–Kier alpha value is -2.96. The number of aryl methyl sites for hydroxylation is 3. The van der Waals surface area contributed by atoms with E-state index in [2.05, 4.69) is 41.2 Å². The fourth-order valence-corrected chi connectivity index (χ4v) is 3.74. The first kappa shape index (κ1) is 19.8. The number of carbonyl (C=O) groups excluding carboxylic acids is 2. The second kappa shape index (κ2) is 7.96. The minimum atomic E-state index is -0.494. The van der Waals surface area contributed by atoms with Crippen molar-refractivity contribution in [2.45, 2.75) is 47.0 Å². The van der Waals surface area contributed by atoms with Gasteiger partial charge in [-0.15, -0.1) is 0 Å². The van der Waals surface area contributed by atoms with Crippen molar-refractivity contribution in [1.29, 1.82) is 0 Å². The Bertz CT molecular complexity index is 930. The Morgan fingerprint density at radius 1 is 0.964 bits per heavy atom. The minimum absolute atomic E-state index is 0.113. The van der Waals surface area contributed by atoms with Crippen LogP contribution in [-0.4, -0.2) is 30.8 Å². The molecule has 0 radical (unpaired) electrons. The van der Waals surface area contributed by atoms with Crippen molar-refractivity contribution in [2.24, 2.45) is 0 Å². The van der Waals surface area contributed by atoms with Crippen LogP contribution in [0.5, 0.6) is 0 Å². The van der Waals surface area contributed by atoms with Gasteiger partial charge < -0.3 is 24.7 Å². The highest BCUT2D eigenvalue weighted by Crippen LogP contribution is 2.39. The monoisotopic (exact) mass is 385 g/mol. The van der Waals surface area contributed by atoms with Crippen molar-refractivity contribution in [3.05, 3.63) is 45.6 Å². The number of hydrogen-bond donors (Lipinski definition) is 2. The van der Waals surface area contributed by atoms with E-state index in [0.717, 1.165) is 41.0 Å². The lowest BCUT2D eigenvalue weighted by atomic mass is 9.92. The van der Waals surface area contributed by atoms with E-state index in [1.807, 2.05) is 6.92 Å².